The molecule has 0 radical (unpaired) electrons. The predicted molar refractivity (Wildman–Crippen MR) is 65.2 cm³/mol. The van der Waals surface area contributed by atoms with E-state index in [0.29, 0.717) is 12.2 Å². The van der Waals surface area contributed by atoms with E-state index in [-0.39, 0.29) is 5.97 Å². The van der Waals surface area contributed by atoms with Crippen molar-refractivity contribution in [3.63, 3.8) is 0 Å². The van der Waals surface area contributed by atoms with Crippen molar-refractivity contribution in [2.24, 2.45) is 0 Å². The lowest BCUT2D eigenvalue weighted by Gasteiger charge is -2.28. The van der Waals surface area contributed by atoms with Gasteiger partial charge in [-0.15, -0.1) is 0 Å². The first kappa shape index (κ1) is 11.9. The van der Waals surface area contributed by atoms with Crippen molar-refractivity contribution in [2.45, 2.75) is 13.3 Å². The highest BCUT2D eigenvalue weighted by molar-refractivity contribution is 5.71. The van der Waals surface area contributed by atoms with Gasteiger partial charge in [-0.3, -0.25) is 4.79 Å². The van der Waals surface area contributed by atoms with Gasteiger partial charge in [0.25, 0.3) is 0 Å². The summed E-state index contributed by atoms with van der Waals surface area (Å²) in [7, 11) is 0. The van der Waals surface area contributed by atoms with Crippen molar-refractivity contribution >= 4 is 11.8 Å². The lowest BCUT2D eigenvalue weighted by atomic mass is 10.3. The Hall–Kier alpha value is -1.62. The number of aromatic nitrogens is 1. The van der Waals surface area contributed by atoms with Crippen molar-refractivity contribution in [1.29, 1.82) is 0 Å². The molecule has 0 unspecified atom stereocenters. The van der Waals surface area contributed by atoms with Crippen LogP contribution in [0, 0.1) is 0 Å². The molecule has 0 spiro atoms. The van der Waals surface area contributed by atoms with Crippen molar-refractivity contribution in [2.75, 3.05) is 31.1 Å². The Morgan fingerprint density at radius 2 is 2.24 bits per heavy atom. The smallest absolute Gasteiger partial charge is 0.310 e. The van der Waals surface area contributed by atoms with E-state index in [0.717, 1.165) is 32.0 Å². The Morgan fingerprint density at radius 1 is 1.47 bits per heavy atom. The molecule has 17 heavy (non-hydrogen) atoms. The molecule has 1 N–H and O–H groups in total. The zero-order valence-electron chi connectivity index (χ0n) is 9.98. The van der Waals surface area contributed by atoms with Gasteiger partial charge in [-0.05, 0) is 12.1 Å². The Bertz CT molecular complexity index is 372. The Kier molecular flexibility index (Phi) is 3.93. The van der Waals surface area contributed by atoms with E-state index < -0.39 is 0 Å². The molecule has 1 saturated heterocycles. The van der Waals surface area contributed by atoms with Crippen molar-refractivity contribution in [3.05, 3.63) is 18.3 Å². The number of hydrogen-bond donors (Lipinski definition) is 1. The zero-order chi connectivity index (χ0) is 12.1. The number of nitrogens with one attached hydrogen (secondary N) is 1. The van der Waals surface area contributed by atoms with E-state index in [9.17, 15) is 4.79 Å². The van der Waals surface area contributed by atoms with Crippen LogP contribution in [0.15, 0.2) is 18.3 Å². The first-order valence-corrected chi connectivity index (χ1v) is 5.92. The molecule has 0 aromatic carbocycles. The molecule has 0 amide bonds. The SMILES string of the molecule is CCC(=O)Oc1ccc(N2CCNCC2)nc1. The van der Waals surface area contributed by atoms with Gasteiger partial charge in [0, 0.05) is 32.6 Å². The van der Waals surface area contributed by atoms with E-state index in [4.69, 9.17) is 4.74 Å². The van der Waals surface area contributed by atoms with Crippen LogP contribution in [-0.4, -0.2) is 37.1 Å². The number of hydrogen-bond acceptors (Lipinski definition) is 5. The van der Waals surface area contributed by atoms with Crippen molar-refractivity contribution < 1.29 is 9.53 Å². The second-order valence-corrected chi connectivity index (χ2v) is 3.92. The van der Waals surface area contributed by atoms with E-state index in [2.05, 4.69) is 15.2 Å². The monoisotopic (exact) mass is 235 g/mol. The number of esters is 1. The predicted octanol–water partition coefficient (Wildman–Crippen LogP) is 0.807. The number of nitrogens with zero attached hydrogens (tertiary/aromatic N) is 2. The molecule has 0 saturated carbocycles. The summed E-state index contributed by atoms with van der Waals surface area (Å²) in [5.74, 6) is 1.21. The van der Waals surface area contributed by atoms with Gasteiger partial charge in [0.05, 0.1) is 6.20 Å². The number of carbonyl (C=O) groups excluding carboxylic acids is 1. The van der Waals surface area contributed by atoms with Crippen LogP contribution in [0.1, 0.15) is 13.3 Å². The number of carbonyl (C=O) groups is 1. The summed E-state index contributed by atoms with van der Waals surface area (Å²) in [5.41, 5.74) is 0. The number of anilines is 1. The first-order chi connectivity index (χ1) is 8.29. The summed E-state index contributed by atoms with van der Waals surface area (Å²) in [6.07, 6.45) is 1.98. The molecule has 0 atom stereocenters. The third-order valence-electron chi connectivity index (χ3n) is 2.68. The molecule has 1 aliphatic heterocycles. The second-order valence-electron chi connectivity index (χ2n) is 3.92. The maximum Gasteiger partial charge on any atom is 0.310 e. The molecule has 1 aliphatic rings. The molecule has 2 heterocycles. The van der Waals surface area contributed by atoms with Gasteiger partial charge in [-0.25, -0.2) is 4.98 Å². The summed E-state index contributed by atoms with van der Waals surface area (Å²) in [4.78, 5) is 17.6. The van der Waals surface area contributed by atoms with Gasteiger partial charge in [-0.1, -0.05) is 6.92 Å². The minimum Gasteiger partial charge on any atom is -0.425 e. The molecule has 5 nitrogen and oxygen atoms in total. The lowest BCUT2D eigenvalue weighted by molar-refractivity contribution is -0.134. The van der Waals surface area contributed by atoms with Gasteiger partial charge in [0.1, 0.15) is 11.6 Å². The Labute approximate surface area is 101 Å². The normalized spacial score (nSPS) is 15.7. The second kappa shape index (κ2) is 5.63. The van der Waals surface area contributed by atoms with Crippen molar-refractivity contribution in [1.82, 2.24) is 10.3 Å². The van der Waals surface area contributed by atoms with Crippen LogP contribution in [0.3, 0.4) is 0 Å². The molecule has 1 aromatic heterocycles. The van der Waals surface area contributed by atoms with Crippen LogP contribution in [0.4, 0.5) is 5.82 Å². The van der Waals surface area contributed by atoms with Gasteiger partial charge in [0.15, 0.2) is 0 Å². The number of pyridine rings is 1. The topological polar surface area (TPSA) is 54.5 Å². The molecule has 2 rings (SSSR count). The highest BCUT2D eigenvalue weighted by Gasteiger charge is 2.11. The van der Waals surface area contributed by atoms with Crippen LogP contribution < -0.4 is 15.0 Å². The molecule has 1 aromatic rings. The largest absolute Gasteiger partial charge is 0.425 e. The molecule has 5 heteroatoms. The minimum absolute atomic E-state index is 0.235. The van der Waals surface area contributed by atoms with Crippen LogP contribution in [0.25, 0.3) is 0 Å². The average molecular weight is 235 g/mol. The molecule has 0 bridgehead atoms. The van der Waals surface area contributed by atoms with Gasteiger partial charge >= 0.3 is 5.97 Å². The molecular weight excluding hydrogens is 218 g/mol. The van der Waals surface area contributed by atoms with Crippen LogP contribution >= 0.6 is 0 Å². The van der Waals surface area contributed by atoms with E-state index in [1.807, 2.05) is 6.07 Å². The third-order valence-corrected chi connectivity index (χ3v) is 2.68. The average Bonchev–Trinajstić information content (AvgIpc) is 2.40. The molecule has 1 fully saturated rings. The maximum absolute atomic E-state index is 11.1. The maximum atomic E-state index is 11.1. The Balaban J connectivity index is 1.99. The van der Waals surface area contributed by atoms with E-state index >= 15 is 0 Å². The molecule has 92 valence electrons. The summed E-state index contributed by atoms with van der Waals surface area (Å²) in [6.45, 7) is 5.65. The zero-order valence-corrected chi connectivity index (χ0v) is 9.98. The highest BCUT2D eigenvalue weighted by Crippen LogP contribution is 2.16. The van der Waals surface area contributed by atoms with Crippen molar-refractivity contribution in [3.8, 4) is 5.75 Å². The first-order valence-electron chi connectivity index (χ1n) is 5.92. The standard InChI is InChI=1S/C12H17N3O2/c1-2-12(16)17-10-3-4-11(14-9-10)15-7-5-13-6-8-15/h3-4,9,13H,2,5-8H2,1H3. The van der Waals surface area contributed by atoms with E-state index in [1.165, 1.54) is 0 Å². The minimum atomic E-state index is -0.235. The number of rotatable bonds is 3. The van der Waals surface area contributed by atoms with Gasteiger partial charge < -0.3 is 15.0 Å². The summed E-state index contributed by atoms with van der Waals surface area (Å²) in [6, 6.07) is 3.68. The highest BCUT2D eigenvalue weighted by atomic mass is 16.5. The van der Waals surface area contributed by atoms with Crippen LogP contribution in [0.2, 0.25) is 0 Å². The quantitative estimate of drug-likeness (QED) is 0.786. The molecule has 0 aliphatic carbocycles. The number of piperazine rings is 1. The summed E-state index contributed by atoms with van der Waals surface area (Å²) >= 11 is 0. The fraction of sp³-hybridized carbons (Fsp3) is 0.500. The van der Waals surface area contributed by atoms with E-state index in [1.54, 1.807) is 19.2 Å². The van der Waals surface area contributed by atoms with Gasteiger partial charge in [0.2, 0.25) is 0 Å². The fourth-order valence-electron chi connectivity index (χ4n) is 1.72. The number of ether oxygens (including phenoxy) is 1. The molecular formula is C12H17N3O2. The lowest BCUT2D eigenvalue weighted by Crippen LogP contribution is -2.43. The van der Waals surface area contributed by atoms with Crippen LogP contribution in [0.5, 0.6) is 5.75 Å². The summed E-state index contributed by atoms with van der Waals surface area (Å²) in [5, 5.41) is 3.29. The van der Waals surface area contributed by atoms with Gasteiger partial charge in [-0.2, -0.15) is 0 Å². The summed E-state index contributed by atoms with van der Waals surface area (Å²) < 4.78 is 5.07. The third kappa shape index (κ3) is 3.17. The fourth-order valence-corrected chi connectivity index (χ4v) is 1.72. The van der Waals surface area contributed by atoms with Crippen LogP contribution in [-0.2, 0) is 4.79 Å². The Morgan fingerprint density at radius 3 is 2.82 bits per heavy atom.